The first kappa shape index (κ1) is 9.21. The molecule has 0 heterocycles. The molecule has 0 saturated heterocycles. The third kappa shape index (κ3) is 7.21. The first-order chi connectivity index (χ1) is 4.63. The molecule has 0 fully saturated rings. The molecular formula is C8H15NO. The molecule has 2 N–H and O–H groups in total. The molecule has 0 aliphatic carbocycles. The van der Waals surface area contributed by atoms with E-state index in [4.69, 9.17) is 5.73 Å². The minimum Gasteiger partial charge on any atom is -0.366 e. The van der Waals surface area contributed by atoms with Gasteiger partial charge in [0.05, 0.1) is 0 Å². The Morgan fingerprint density at radius 3 is 2.60 bits per heavy atom. The van der Waals surface area contributed by atoms with Crippen molar-refractivity contribution in [2.24, 2.45) is 11.7 Å². The largest absolute Gasteiger partial charge is 0.366 e. The minimum absolute atomic E-state index is 0.358. The van der Waals surface area contributed by atoms with Gasteiger partial charge in [0.2, 0.25) is 5.91 Å². The molecule has 0 aliphatic heterocycles. The number of hydrogen-bond donors (Lipinski definition) is 1. The molecule has 58 valence electrons. The molecule has 1 amide bonds. The van der Waals surface area contributed by atoms with Crippen molar-refractivity contribution in [1.82, 2.24) is 0 Å². The maximum absolute atomic E-state index is 10.2. The van der Waals surface area contributed by atoms with Gasteiger partial charge in [-0.15, -0.1) is 0 Å². The van der Waals surface area contributed by atoms with Gasteiger partial charge in [0.15, 0.2) is 0 Å². The van der Waals surface area contributed by atoms with E-state index in [0.29, 0.717) is 5.92 Å². The molecule has 0 aromatic rings. The molecule has 0 spiro atoms. The summed E-state index contributed by atoms with van der Waals surface area (Å²) in [6, 6.07) is 0. The molecule has 0 saturated carbocycles. The first-order valence-electron chi connectivity index (χ1n) is 3.59. The smallest absolute Gasteiger partial charge is 0.241 e. The van der Waals surface area contributed by atoms with Crippen LogP contribution in [-0.2, 0) is 4.79 Å². The summed E-state index contributed by atoms with van der Waals surface area (Å²) in [7, 11) is 0. The number of rotatable bonds is 4. The summed E-state index contributed by atoms with van der Waals surface area (Å²) in [5, 5.41) is 0. The van der Waals surface area contributed by atoms with Crippen molar-refractivity contribution in [3.63, 3.8) is 0 Å². The average molecular weight is 141 g/mol. The van der Waals surface area contributed by atoms with Gasteiger partial charge in [0.1, 0.15) is 0 Å². The van der Waals surface area contributed by atoms with Gasteiger partial charge >= 0.3 is 0 Å². The van der Waals surface area contributed by atoms with Crippen molar-refractivity contribution >= 4 is 5.91 Å². The van der Waals surface area contributed by atoms with Crippen molar-refractivity contribution in [3.8, 4) is 0 Å². The molecule has 0 aromatic carbocycles. The van der Waals surface area contributed by atoms with E-state index in [1.165, 1.54) is 6.08 Å². The summed E-state index contributed by atoms with van der Waals surface area (Å²) in [5.74, 6) is 0.335. The van der Waals surface area contributed by atoms with Crippen LogP contribution in [0.25, 0.3) is 0 Å². The lowest BCUT2D eigenvalue weighted by molar-refractivity contribution is -0.113. The summed E-state index contributed by atoms with van der Waals surface area (Å²) in [6.45, 7) is 4.30. The van der Waals surface area contributed by atoms with Crippen molar-refractivity contribution in [1.29, 1.82) is 0 Å². The van der Waals surface area contributed by atoms with Crippen LogP contribution in [0.4, 0.5) is 0 Å². The average Bonchev–Trinajstić information content (AvgIpc) is 1.79. The SMILES string of the molecule is CC(C)CCC=CC(N)=O. The number of amides is 1. The second kappa shape index (κ2) is 5.03. The summed E-state index contributed by atoms with van der Waals surface area (Å²) in [4.78, 5) is 10.2. The van der Waals surface area contributed by atoms with Gasteiger partial charge in [-0.3, -0.25) is 4.79 Å². The molecule has 0 aromatic heterocycles. The quantitative estimate of drug-likeness (QED) is 0.592. The fourth-order valence-electron chi connectivity index (χ4n) is 0.629. The monoisotopic (exact) mass is 141 g/mol. The minimum atomic E-state index is -0.358. The van der Waals surface area contributed by atoms with E-state index in [1.54, 1.807) is 0 Å². The van der Waals surface area contributed by atoms with Crippen LogP contribution in [-0.4, -0.2) is 5.91 Å². The molecule has 0 bridgehead atoms. The van der Waals surface area contributed by atoms with Gasteiger partial charge < -0.3 is 5.73 Å². The highest BCUT2D eigenvalue weighted by molar-refractivity contribution is 5.85. The Morgan fingerprint density at radius 2 is 2.20 bits per heavy atom. The van der Waals surface area contributed by atoms with E-state index in [0.717, 1.165) is 12.8 Å². The molecule has 2 heteroatoms. The van der Waals surface area contributed by atoms with Crippen LogP contribution in [0.5, 0.6) is 0 Å². The van der Waals surface area contributed by atoms with Crippen molar-refractivity contribution < 1.29 is 4.79 Å². The lowest BCUT2D eigenvalue weighted by Gasteiger charge is -1.97. The standard InChI is InChI=1S/C8H15NO/c1-7(2)5-3-4-6-8(9)10/h4,6-7H,3,5H2,1-2H3,(H2,9,10). The summed E-state index contributed by atoms with van der Waals surface area (Å²) >= 11 is 0. The number of nitrogens with two attached hydrogens (primary N) is 1. The highest BCUT2D eigenvalue weighted by Crippen LogP contribution is 2.03. The molecule has 0 radical (unpaired) electrons. The fourth-order valence-corrected chi connectivity index (χ4v) is 0.629. The van der Waals surface area contributed by atoms with E-state index < -0.39 is 0 Å². The van der Waals surface area contributed by atoms with Gasteiger partial charge in [-0.2, -0.15) is 0 Å². The molecule has 0 unspecified atom stereocenters. The van der Waals surface area contributed by atoms with Crippen LogP contribution in [0.3, 0.4) is 0 Å². The van der Waals surface area contributed by atoms with Gasteiger partial charge in [0.25, 0.3) is 0 Å². The Morgan fingerprint density at radius 1 is 1.60 bits per heavy atom. The number of carbonyl (C=O) groups excluding carboxylic acids is 1. The van der Waals surface area contributed by atoms with E-state index in [2.05, 4.69) is 13.8 Å². The molecule has 2 nitrogen and oxygen atoms in total. The Bertz CT molecular complexity index is 127. The normalized spacial score (nSPS) is 11.1. The van der Waals surface area contributed by atoms with Crippen LogP contribution < -0.4 is 5.73 Å². The fraction of sp³-hybridized carbons (Fsp3) is 0.625. The van der Waals surface area contributed by atoms with Crippen LogP contribution in [0.15, 0.2) is 12.2 Å². The van der Waals surface area contributed by atoms with Gasteiger partial charge in [-0.1, -0.05) is 19.9 Å². The first-order valence-corrected chi connectivity index (χ1v) is 3.59. The third-order valence-electron chi connectivity index (χ3n) is 1.19. The number of allylic oxidation sites excluding steroid dienone is 1. The van der Waals surface area contributed by atoms with Crippen LogP contribution in [0, 0.1) is 5.92 Å². The second-order valence-electron chi connectivity index (χ2n) is 2.78. The lowest BCUT2D eigenvalue weighted by atomic mass is 10.1. The molecule has 0 aliphatic rings. The highest BCUT2D eigenvalue weighted by atomic mass is 16.1. The Hall–Kier alpha value is -0.790. The zero-order chi connectivity index (χ0) is 7.98. The van der Waals surface area contributed by atoms with Crippen LogP contribution in [0.2, 0.25) is 0 Å². The van der Waals surface area contributed by atoms with Crippen LogP contribution >= 0.6 is 0 Å². The molecule has 0 atom stereocenters. The molecular weight excluding hydrogens is 126 g/mol. The van der Waals surface area contributed by atoms with Crippen molar-refractivity contribution in [3.05, 3.63) is 12.2 Å². The zero-order valence-corrected chi connectivity index (χ0v) is 6.63. The van der Waals surface area contributed by atoms with E-state index >= 15 is 0 Å². The number of carbonyl (C=O) groups is 1. The predicted molar refractivity (Wildman–Crippen MR) is 42.4 cm³/mol. The van der Waals surface area contributed by atoms with Crippen LogP contribution in [0.1, 0.15) is 26.7 Å². The summed E-state index contributed by atoms with van der Waals surface area (Å²) < 4.78 is 0. The third-order valence-corrected chi connectivity index (χ3v) is 1.19. The molecule has 10 heavy (non-hydrogen) atoms. The van der Waals surface area contributed by atoms with E-state index in [-0.39, 0.29) is 5.91 Å². The number of primary amides is 1. The topological polar surface area (TPSA) is 43.1 Å². The zero-order valence-electron chi connectivity index (χ0n) is 6.63. The predicted octanol–water partition coefficient (Wildman–Crippen LogP) is 1.46. The number of hydrogen-bond acceptors (Lipinski definition) is 1. The molecule has 0 rings (SSSR count). The Kier molecular flexibility index (Phi) is 4.63. The maximum Gasteiger partial charge on any atom is 0.241 e. The van der Waals surface area contributed by atoms with Gasteiger partial charge in [-0.25, -0.2) is 0 Å². The summed E-state index contributed by atoms with van der Waals surface area (Å²) in [5.41, 5.74) is 4.88. The Labute approximate surface area is 62.1 Å². The van der Waals surface area contributed by atoms with Crippen molar-refractivity contribution in [2.45, 2.75) is 26.7 Å². The van der Waals surface area contributed by atoms with Crippen molar-refractivity contribution in [2.75, 3.05) is 0 Å². The van der Waals surface area contributed by atoms with Gasteiger partial charge in [0, 0.05) is 0 Å². The lowest BCUT2D eigenvalue weighted by Crippen LogP contribution is -2.05. The van der Waals surface area contributed by atoms with Gasteiger partial charge in [-0.05, 0) is 24.8 Å². The highest BCUT2D eigenvalue weighted by Gasteiger charge is 1.89. The van der Waals surface area contributed by atoms with E-state index in [1.807, 2.05) is 6.08 Å². The Balaban J connectivity index is 3.27. The summed E-state index contributed by atoms with van der Waals surface area (Å²) in [6.07, 6.45) is 5.30. The second-order valence-corrected chi connectivity index (χ2v) is 2.78. The maximum atomic E-state index is 10.2. The van der Waals surface area contributed by atoms with E-state index in [9.17, 15) is 4.79 Å².